The maximum Gasteiger partial charge on any atom is 0.223 e. The molecule has 5 nitrogen and oxygen atoms in total. The first-order valence-electron chi connectivity index (χ1n) is 7.96. The Morgan fingerprint density at radius 1 is 1.12 bits per heavy atom. The highest BCUT2D eigenvalue weighted by molar-refractivity contribution is 5.77. The molecule has 0 aliphatic carbocycles. The number of rotatable bonds is 6. The quantitative estimate of drug-likeness (QED) is 0.759. The minimum Gasteiger partial charge on any atom is -0.466 e. The molecule has 2 aromatic rings. The highest BCUT2D eigenvalue weighted by Gasteiger charge is 2.30. The van der Waals surface area contributed by atoms with Crippen molar-refractivity contribution in [3.05, 3.63) is 59.0 Å². The third-order valence-electron chi connectivity index (χ3n) is 4.15. The van der Waals surface area contributed by atoms with Gasteiger partial charge in [-0.2, -0.15) is 0 Å². The fourth-order valence-corrected chi connectivity index (χ4v) is 2.81. The van der Waals surface area contributed by atoms with E-state index in [9.17, 15) is 15.0 Å². The maximum absolute atomic E-state index is 12.2. The summed E-state index contributed by atoms with van der Waals surface area (Å²) in [7, 11) is 0. The van der Waals surface area contributed by atoms with Gasteiger partial charge in [0, 0.05) is 5.56 Å². The van der Waals surface area contributed by atoms with Crippen LogP contribution in [-0.2, 0) is 16.0 Å². The van der Waals surface area contributed by atoms with Crippen LogP contribution in [0.1, 0.15) is 42.9 Å². The third kappa shape index (κ3) is 4.24. The van der Waals surface area contributed by atoms with Crippen LogP contribution in [-0.4, -0.2) is 22.7 Å². The SMILES string of the molecule is Cc1cc(C(C)(O)CNC(=O)CC(C)(O)c2ccccc2)c(C)o1. The number of hydrogen-bond donors (Lipinski definition) is 3. The molecule has 2 atom stereocenters. The summed E-state index contributed by atoms with van der Waals surface area (Å²) in [5.74, 6) is 1.01. The molecule has 0 bridgehead atoms. The summed E-state index contributed by atoms with van der Waals surface area (Å²) in [5, 5.41) is 23.8. The molecule has 24 heavy (non-hydrogen) atoms. The molecular formula is C19H25NO4. The second kappa shape index (κ2) is 6.79. The van der Waals surface area contributed by atoms with Crippen molar-refractivity contribution in [2.24, 2.45) is 0 Å². The number of carbonyl (C=O) groups is 1. The van der Waals surface area contributed by atoms with E-state index in [1.807, 2.05) is 25.1 Å². The van der Waals surface area contributed by atoms with E-state index in [1.165, 1.54) is 0 Å². The molecule has 2 unspecified atom stereocenters. The van der Waals surface area contributed by atoms with Gasteiger partial charge in [-0.25, -0.2) is 0 Å². The summed E-state index contributed by atoms with van der Waals surface area (Å²) in [6, 6.07) is 10.8. The Balaban J connectivity index is 1.99. The molecule has 5 heteroatoms. The zero-order valence-corrected chi connectivity index (χ0v) is 14.6. The van der Waals surface area contributed by atoms with E-state index in [4.69, 9.17) is 4.42 Å². The van der Waals surface area contributed by atoms with Crippen LogP contribution in [0.4, 0.5) is 0 Å². The molecule has 0 aliphatic rings. The number of benzene rings is 1. The van der Waals surface area contributed by atoms with Crippen LogP contribution in [0.25, 0.3) is 0 Å². The van der Waals surface area contributed by atoms with Crippen molar-refractivity contribution in [1.82, 2.24) is 5.32 Å². The van der Waals surface area contributed by atoms with Crippen LogP contribution in [0.15, 0.2) is 40.8 Å². The van der Waals surface area contributed by atoms with Gasteiger partial charge in [-0.1, -0.05) is 30.3 Å². The van der Waals surface area contributed by atoms with Crippen molar-refractivity contribution < 1.29 is 19.4 Å². The molecule has 130 valence electrons. The minimum absolute atomic E-state index is 0.0382. The number of amides is 1. The average molecular weight is 331 g/mol. The lowest BCUT2D eigenvalue weighted by atomic mass is 9.92. The Morgan fingerprint density at radius 3 is 2.29 bits per heavy atom. The Bertz CT molecular complexity index is 701. The number of nitrogens with one attached hydrogen (secondary N) is 1. The van der Waals surface area contributed by atoms with Gasteiger partial charge in [0.2, 0.25) is 5.91 Å². The molecule has 1 heterocycles. The summed E-state index contributed by atoms with van der Waals surface area (Å²) >= 11 is 0. The van der Waals surface area contributed by atoms with E-state index in [0.29, 0.717) is 22.6 Å². The smallest absolute Gasteiger partial charge is 0.223 e. The van der Waals surface area contributed by atoms with E-state index in [0.717, 1.165) is 0 Å². The van der Waals surface area contributed by atoms with Gasteiger partial charge in [0.05, 0.1) is 18.6 Å². The first-order valence-corrected chi connectivity index (χ1v) is 7.96. The van der Waals surface area contributed by atoms with E-state index in [2.05, 4.69) is 5.32 Å². The third-order valence-corrected chi connectivity index (χ3v) is 4.15. The fraction of sp³-hybridized carbons (Fsp3) is 0.421. The minimum atomic E-state index is -1.26. The molecule has 1 aromatic carbocycles. The van der Waals surface area contributed by atoms with Gasteiger partial charge in [0.1, 0.15) is 17.1 Å². The van der Waals surface area contributed by atoms with E-state index in [1.54, 1.807) is 39.0 Å². The van der Waals surface area contributed by atoms with E-state index in [-0.39, 0.29) is 18.9 Å². The lowest BCUT2D eigenvalue weighted by Gasteiger charge is -2.26. The largest absolute Gasteiger partial charge is 0.466 e. The van der Waals surface area contributed by atoms with Crippen LogP contribution in [0.5, 0.6) is 0 Å². The number of furan rings is 1. The lowest BCUT2D eigenvalue weighted by molar-refractivity contribution is -0.127. The molecule has 3 N–H and O–H groups in total. The number of hydrogen-bond acceptors (Lipinski definition) is 4. The van der Waals surface area contributed by atoms with Crippen molar-refractivity contribution in [2.75, 3.05) is 6.54 Å². The van der Waals surface area contributed by atoms with Crippen molar-refractivity contribution in [3.63, 3.8) is 0 Å². The second-order valence-corrected chi connectivity index (χ2v) is 6.69. The summed E-state index contributed by atoms with van der Waals surface area (Å²) in [5.41, 5.74) is -1.18. The Hall–Kier alpha value is -2.11. The van der Waals surface area contributed by atoms with E-state index >= 15 is 0 Å². The normalized spacial score (nSPS) is 16.2. The predicted octanol–water partition coefficient (Wildman–Crippen LogP) is 2.52. The number of aliphatic hydroxyl groups is 2. The zero-order valence-electron chi connectivity index (χ0n) is 14.6. The van der Waals surface area contributed by atoms with Gasteiger partial charge in [-0.05, 0) is 39.3 Å². The Labute approximate surface area is 142 Å². The molecule has 0 spiro atoms. The van der Waals surface area contributed by atoms with Crippen LogP contribution in [0.2, 0.25) is 0 Å². The van der Waals surface area contributed by atoms with Gasteiger partial charge < -0.3 is 19.9 Å². The highest BCUT2D eigenvalue weighted by atomic mass is 16.3. The maximum atomic E-state index is 12.2. The first-order chi connectivity index (χ1) is 11.1. The van der Waals surface area contributed by atoms with Crippen LogP contribution in [0.3, 0.4) is 0 Å². The van der Waals surface area contributed by atoms with Gasteiger partial charge in [0.25, 0.3) is 0 Å². The Morgan fingerprint density at radius 2 is 1.75 bits per heavy atom. The number of carbonyl (C=O) groups excluding carboxylic acids is 1. The molecule has 0 aliphatic heterocycles. The van der Waals surface area contributed by atoms with Crippen molar-refractivity contribution in [1.29, 1.82) is 0 Å². The van der Waals surface area contributed by atoms with E-state index < -0.39 is 11.2 Å². The molecule has 0 saturated heterocycles. The molecule has 0 saturated carbocycles. The second-order valence-electron chi connectivity index (χ2n) is 6.69. The van der Waals surface area contributed by atoms with Crippen LogP contribution >= 0.6 is 0 Å². The Kier molecular flexibility index (Phi) is 5.16. The summed E-state index contributed by atoms with van der Waals surface area (Å²) in [6.07, 6.45) is -0.0868. The number of aryl methyl sites for hydroxylation is 2. The van der Waals surface area contributed by atoms with Crippen molar-refractivity contribution >= 4 is 5.91 Å². The summed E-state index contributed by atoms with van der Waals surface area (Å²) in [4.78, 5) is 12.2. The zero-order chi connectivity index (χ0) is 18.0. The fourth-order valence-electron chi connectivity index (χ4n) is 2.81. The highest BCUT2D eigenvalue weighted by Crippen LogP contribution is 2.27. The first kappa shape index (κ1) is 18.2. The van der Waals surface area contributed by atoms with Gasteiger partial charge in [-0.3, -0.25) is 4.79 Å². The molecule has 2 rings (SSSR count). The molecule has 0 radical (unpaired) electrons. The monoisotopic (exact) mass is 331 g/mol. The van der Waals surface area contributed by atoms with Crippen molar-refractivity contribution in [2.45, 2.75) is 45.3 Å². The lowest BCUT2D eigenvalue weighted by Crippen LogP contribution is -2.41. The van der Waals surface area contributed by atoms with Gasteiger partial charge >= 0.3 is 0 Å². The summed E-state index contributed by atoms with van der Waals surface area (Å²) < 4.78 is 5.43. The molecule has 1 aromatic heterocycles. The predicted molar refractivity (Wildman–Crippen MR) is 91.4 cm³/mol. The molecule has 1 amide bonds. The van der Waals surface area contributed by atoms with Crippen LogP contribution in [0, 0.1) is 13.8 Å². The average Bonchev–Trinajstić information content (AvgIpc) is 2.85. The topological polar surface area (TPSA) is 82.7 Å². The molecular weight excluding hydrogens is 306 g/mol. The van der Waals surface area contributed by atoms with Crippen molar-refractivity contribution in [3.8, 4) is 0 Å². The summed E-state index contributed by atoms with van der Waals surface area (Å²) in [6.45, 7) is 6.85. The van der Waals surface area contributed by atoms with Crippen LogP contribution < -0.4 is 5.32 Å². The van der Waals surface area contributed by atoms with Gasteiger partial charge in [-0.15, -0.1) is 0 Å². The standard InChI is InChI=1S/C19H25NO4/c1-13-10-16(14(2)24-13)19(4,23)12-20-17(21)11-18(3,22)15-8-6-5-7-9-15/h5-10,22-23H,11-12H2,1-4H3,(H,20,21). The van der Waals surface area contributed by atoms with Gasteiger partial charge in [0.15, 0.2) is 0 Å². The molecule has 0 fully saturated rings.